The first-order valence-electron chi connectivity index (χ1n) is 4.55. The lowest BCUT2D eigenvalue weighted by Gasteiger charge is -2.23. The zero-order valence-electron chi connectivity index (χ0n) is 8.76. The molecule has 2 nitrogen and oxygen atoms in total. The van der Waals surface area contributed by atoms with Crippen molar-refractivity contribution in [3.05, 3.63) is 28.8 Å². The lowest BCUT2D eigenvalue weighted by atomic mass is 10.0. The van der Waals surface area contributed by atoms with Crippen LogP contribution in [0.25, 0.3) is 0 Å². The van der Waals surface area contributed by atoms with Crippen LogP contribution in [-0.4, -0.2) is 19.5 Å². The third kappa shape index (κ3) is 2.81. The average molecular weight is 272 g/mol. The SMILES string of the molecule is COc1ccc(C(N)C(F)(F)C(F)F)c(Cl)c1. The van der Waals surface area contributed by atoms with Gasteiger partial charge in [0.1, 0.15) is 11.8 Å². The van der Waals surface area contributed by atoms with Crippen LogP contribution in [-0.2, 0) is 0 Å². The lowest BCUT2D eigenvalue weighted by molar-refractivity contribution is -0.144. The summed E-state index contributed by atoms with van der Waals surface area (Å²) < 4.78 is 55.1. The number of benzene rings is 1. The van der Waals surface area contributed by atoms with Crippen LogP contribution in [0.3, 0.4) is 0 Å². The highest BCUT2D eigenvalue weighted by Crippen LogP contribution is 2.38. The minimum atomic E-state index is -4.34. The van der Waals surface area contributed by atoms with Gasteiger partial charge in [-0.2, -0.15) is 8.78 Å². The van der Waals surface area contributed by atoms with Gasteiger partial charge >= 0.3 is 12.3 Å². The fraction of sp³-hybridized carbons (Fsp3) is 0.400. The average Bonchev–Trinajstić information content (AvgIpc) is 2.27. The van der Waals surface area contributed by atoms with Crippen molar-refractivity contribution in [3.63, 3.8) is 0 Å². The number of methoxy groups -OCH3 is 1. The van der Waals surface area contributed by atoms with E-state index in [4.69, 9.17) is 22.1 Å². The van der Waals surface area contributed by atoms with Crippen molar-refractivity contribution >= 4 is 11.6 Å². The van der Waals surface area contributed by atoms with Gasteiger partial charge in [0.05, 0.1) is 7.11 Å². The number of ether oxygens (including phenoxy) is 1. The molecule has 0 amide bonds. The Bertz CT molecular complexity index is 400. The summed E-state index contributed by atoms with van der Waals surface area (Å²) in [7, 11) is 1.36. The van der Waals surface area contributed by atoms with Crippen LogP contribution in [0.4, 0.5) is 17.6 Å². The fourth-order valence-electron chi connectivity index (χ4n) is 1.23. The van der Waals surface area contributed by atoms with Gasteiger partial charge in [0.2, 0.25) is 0 Å². The molecule has 0 aromatic heterocycles. The van der Waals surface area contributed by atoms with E-state index in [0.29, 0.717) is 5.75 Å². The van der Waals surface area contributed by atoms with E-state index in [2.05, 4.69) is 0 Å². The minimum Gasteiger partial charge on any atom is -0.497 e. The van der Waals surface area contributed by atoms with Gasteiger partial charge in [-0.05, 0) is 17.7 Å². The molecule has 2 N–H and O–H groups in total. The normalized spacial score (nSPS) is 13.9. The predicted molar refractivity (Wildman–Crippen MR) is 55.9 cm³/mol. The van der Waals surface area contributed by atoms with Gasteiger partial charge in [0.15, 0.2) is 0 Å². The predicted octanol–water partition coefficient (Wildman–Crippen LogP) is 3.25. The molecule has 0 aliphatic heterocycles. The van der Waals surface area contributed by atoms with Crippen molar-refractivity contribution in [2.24, 2.45) is 5.73 Å². The first-order valence-corrected chi connectivity index (χ1v) is 4.93. The van der Waals surface area contributed by atoms with Gasteiger partial charge in [-0.15, -0.1) is 0 Å². The Labute approximate surface area is 100 Å². The van der Waals surface area contributed by atoms with Gasteiger partial charge in [0.25, 0.3) is 0 Å². The number of hydrogen-bond acceptors (Lipinski definition) is 2. The lowest BCUT2D eigenvalue weighted by Crippen LogP contribution is -2.39. The van der Waals surface area contributed by atoms with Gasteiger partial charge in [-0.1, -0.05) is 17.7 Å². The Morgan fingerprint density at radius 1 is 1.35 bits per heavy atom. The van der Waals surface area contributed by atoms with E-state index in [9.17, 15) is 17.6 Å². The van der Waals surface area contributed by atoms with Crippen LogP contribution in [0.1, 0.15) is 11.6 Å². The topological polar surface area (TPSA) is 35.2 Å². The van der Waals surface area contributed by atoms with Crippen molar-refractivity contribution in [1.29, 1.82) is 0 Å². The molecule has 0 heterocycles. The summed E-state index contributed by atoms with van der Waals surface area (Å²) in [4.78, 5) is 0. The molecule has 1 aromatic carbocycles. The maximum atomic E-state index is 13.0. The number of alkyl halides is 4. The van der Waals surface area contributed by atoms with E-state index in [0.717, 1.165) is 6.07 Å². The molecule has 0 bridgehead atoms. The minimum absolute atomic E-state index is 0.142. The molecule has 0 saturated heterocycles. The van der Waals surface area contributed by atoms with Crippen molar-refractivity contribution < 1.29 is 22.3 Å². The second-order valence-electron chi connectivity index (χ2n) is 3.34. The molecular formula is C10H10ClF4NO. The molecule has 17 heavy (non-hydrogen) atoms. The zero-order valence-corrected chi connectivity index (χ0v) is 9.52. The van der Waals surface area contributed by atoms with Gasteiger partial charge < -0.3 is 10.5 Å². The third-order valence-electron chi connectivity index (χ3n) is 2.25. The molecule has 96 valence electrons. The highest BCUT2D eigenvalue weighted by atomic mass is 35.5. The maximum absolute atomic E-state index is 13.0. The highest BCUT2D eigenvalue weighted by molar-refractivity contribution is 6.31. The quantitative estimate of drug-likeness (QED) is 0.853. The molecule has 0 radical (unpaired) electrons. The van der Waals surface area contributed by atoms with Crippen molar-refractivity contribution in [2.75, 3.05) is 7.11 Å². The monoisotopic (exact) mass is 271 g/mol. The molecule has 0 spiro atoms. The molecule has 0 fully saturated rings. The molecule has 1 atom stereocenters. The second-order valence-corrected chi connectivity index (χ2v) is 3.75. The number of halogens is 5. The van der Waals surface area contributed by atoms with Crippen LogP contribution in [0, 0.1) is 0 Å². The molecule has 7 heteroatoms. The summed E-state index contributed by atoms with van der Waals surface area (Å²) in [6.07, 6.45) is -3.85. The van der Waals surface area contributed by atoms with E-state index in [1.54, 1.807) is 0 Å². The van der Waals surface area contributed by atoms with E-state index in [-0.39, 0.29) is 10.6 Å². The molecule has 1 rings (SSSR count). The van der Waals surface area contributed by atoms with Crippen LogP contribution < -0.4 is 10.5 Å². The summed E-state index contributed by atoms with van der Waals surface area (Å²) in [5.74, 6) is -4.01. The highest BCUT2D eigenvalue weighted by Gasteiger charge is 2.48. The second kappa shape index (κ2) is 5.10. The Balaban J connectivity index is 3.08. The largest absolute Gasteiger partial charge is 0.497 e. The smallest absolute Gasteiger partial charge is 0.326 e. The number of nitrogens with two attached hydrogens (primary N) is 1. The van der Waals surface area contributed by atoms with Crippen LogP contribution >= 0.6 is 11.6 Å². The van der Waals surface area contributed by atoms with Gasteiger partial charge in [-0.3, -0.25) is 0 Å². The summed E-state index contributed by atoms with van der Waals surface area (Å²) in [6.45, 7) is 0. The molecular weight excluding hydrogens is 262 g/mol. The van der Waals surface area contributed by atoms with Crippen molar-refractivity contribution in [3.8, 4) is 5.75 Å². The fourth-order valence-corrected chi connectivity index (χ4v) is 1.52. The summed E-state index contributed by atoms with van der Waals surface area (Å²) in [6, 6.07) is 1.53. The van der Waals surface area contributed by atoms with Gasteiger partial charge in [-0.25, -0.2) is 8.78 Å². The molecule has 0 aliphatic rings. The summed E-state index contributed by atoms with van der Waals surface area (Å²) >= 11 is 5.68. The molecule has 1 aromatic rings. The standard InChI is InChI=1S/C10H10ClF4NO/c1-17-5-2-3-6(7(11)4-5)8(16)10(14,15)9(12)13/h2-4,8-9H,16H2,1H3. The Morgan fingerprint density at radius 3 is 2.35 bits per heavy atom. The number of rotatable bonds is 4. The first kappa shape index (κ1) is 14.1. The van der Waals surface area contributed by atoms with Crippen LogP contribution in [0.2, 0.25) is 5.02 Å². The van der Waals surface area contributed by atoms with Crippen LogP contribution in [0.5, 0.6) is 5.75 Å². The maximum Gasteiger partial charge on any atom is 0.326 e. The first-order chi connectivity index (χ1) is 7.80. The molecule has 0 aliphatic carbocycles. The molecule has 1 unspecified atom stereocenters. The summed E-state index contributed by atoms with van der Waals surface area (Å²) in [5, 5.41) is -0.142. The molecule has 0 saturated carbocycles. The Kier molecular flexibility index (Phi) is 4.21. The van der Waals surface area contributed by atoms with E-state index >= 15 is 0 Å². The van der Waals surface area contributed by atoms with Crippen LogP contribution in [0.15, 0.2) is 18.2 Å². The zero-order chi connectivity index (χ0) is 13.2. The number of hydrogen-bond donors (Lipinski definition) is 1. The van der Waals surface area contributed by atoms with Crippen molar-refractivity contribution in [1.82, 2.24) is 0 Å². The van der Waals surface area contributed by atoms with Gasteiger partial charge in [0, 0.05) is 5.02 Å². The summed E-state index contributed by atoms with van der Waals surface area (Å²) in [5.41, 5.74) is 4.86. The Hall–Kier alpha value is -1.01. The van der Waals surface area contributed by atoms with E-state index < -0.39 is 18.4 Å². The van der Waals surface area contributed by atoms with Crippen molar-refractivity contribution in [2.45, 2.75) is 18.4 Å². The third-order valence-corrected chi connectivity index (χ3v) is 2.58. The van der Waals surface area contributed by atoms with E-state index in [1.807, 2.05) is 0 Å². The van der Waals surface area contributed by atoms with E-state index in [1.165, 1.54) is 19.2 Å². The Morgan fingerprint density at radius 2 is 1.94 bits per heavy atom.